The topological polar surface area (TPSA) is 95.5 Å². The van der Waals surface area contributed by atoms with Gasteiger partial charge in [0, 0.05) is 51.2 Å². The Kier molecular flexibility index (Phi) is 8.10. The van der Waals surface area contributed by atoms with Crippen LogP contribution in [-0.2, 0) is 12.8 Å². The van der Waals surface area contributed by atoms with Crippen molar-refractivity contribution < 1.29 is 9.53 Å². The highest BCUT2D eigenvalue weighted by molar-refractivity contribution is 5.94. The van der Waals surface area contributed by atoms with Crippen LogP contribution < -0.4 is 20.3 Å². The van der Waals surface area contributed by atoms with E-state index in [0.29, 0.717) is 17.3 Å². The second-order valence-electron chi connectivity index (χ2n) is 8.52. The first-order valence-electron chi connectivity index (χ1n) is 12.0. The fourth-order valence-corrected chi connectivity index (χ4v) is 4.10. The molecule has 9 heteroatoms. The van der Waals surface area contributed by atoms with Gasteiger partial charge in [-0.2, -0.15) is 0 Å². The first-order chi connectivity index (χ1) is 17.1. The summed E-state index contributed by atoms with van der Waals surface area (Å²) >= 11 is 0. The number of benzene rings is 1. The monoisotopic (exact) mass is 475 g/mol. The lowest BCUT2D eigenvalue weighted by molar-refractivity contribution is 0.0962. The van der Waals surface area contributed by atoms with Crippen LogP contribution in [0.25, 0.3) is 0 Å². The van der Waals surface area contributed by atoms with Crippen LogP contribution in [0.5, 0.6) is 5.75 Å². The number of ether oxygens (including phenoxy) is 1. The van der Waals surface area contributed by atoms with Crippen molar-refractivity contribution in [3.8, 4) is 5.75 Å². The number of amides is 1. The average Bonchev–Trinajstić information content (AvgIpc) is 2.92. The van der Waals surface area contributed by atoms with Crippen LogP contribution in [0.2, 0.25) is 0 Å². The molecular weight excluding hydrogens is 442 g/mol. The van der Waals surface area contributed by atoms with Crippen molar-refractivity contribution in [1.29, 1.82) is 0 Å². The number of likely N-dealkylation sites (N-methyl/N-ethyl adjacent to an activating group) is 1. The van der Waals surface area contributed by atoms with Gasteiger partial charge in [0.25, 0.3) is 5.91 Å². The summed E-state index contributed by atoms with van der Waals surface area (Å²) < 4.78 is 5.34. The van der Waals surface area contributed by atoms with Crippen LogP contribution in [0.3, 0.4) is 0 Å². The second kappa shape index (κ2) is 11.6. The molecule has 184 valence electrons. The van der Waals surface area contributed by atoms with E-state index in [0.717, 1.165) is 68.2 Å². The van der Waals surface area contributed by atoms with Crippen LogP contribution in [0.4, 0.5) is 17.5 Å². The molecule has 3 heterocycles. The molecule has 1 amide bonds. The van der Waals surface area contributed by atoms with Crippen molar-refractivity contribution in [2.75, 3.05) is 57.1 Å². The number of aryl methyl sites for hydroxylation is 2. The summed E-state index contributed by atoms with van der Waals surface area (Å²) in [6.07, 6.45) is 6.97. The van der Waals surface area contributed by atoms with E-state index >= 15 is 0 Å². The van der Waals surface area contributed by atoms with Crippen LogP contribution in [0.1, 0.15) is 28.4 Å². The highest BCUT2D eigenvalue weighted by Crippen LogP contribution is 2.20. The smallest absolute Gasteiger partial charge is 0.251 e. The molecule has 9 nitrogen and oxygen atoms in total. The van der Waals surface area contributed by atoms with E-state index < -0.39 is 0 Å². The van der Waals surface area contributed by atoms with Crippen molar-refractivity contribution >= 4 is 23.4 Å². The van der Waals surface area contributed by atoms with Gasteiger partial charge in [0.1, 0.15) is 11.6 Å². The minimum atomic E-state index is -0.134. The lowest BCUT2D eigenvalue weighted by Crippen LogP contribution is -2.46. The molecule has 4 rings (SSSR count). The predicted molar refractivity (Wildman–Crippen MR) is 138 cm³/mol. The maximum Gasteiger partial charge on any atom is 0.251 e. The summed E-state index contributed by atoms with van der Waals surface area (Å²) in [7, 11) is 3.22. The zero-order valence-electron chi connectivity index (χ0n) is 20.6. The van der Waals surface area contributed by atoms with Crippen LogP contribution in [0, 0.1) is 0 Å². The molecule has 2 aromatic heterocycles. The van der Waals surface area contributed by atoms with Crippen LogP contribution in [0.15, 0.2) is 48.9 Å². The maximum absolute atomic E-state index is 12.0. The standard InChI is InChI=1S/C26H33N7O2/c1-4-32-9-11-33(12-10-32)24-8-7-22(18-28-24)31-26-29-16-20(17-30-26)6-5-19-13-21(25(34)27-2)15-23(14-19)35-3/h7-8,13-18H,4-6,9-12H2,1-3H3,(H,27,34)(H,29,30,31). The van der Waals surface area contributed by atoms with Crippen LogP contribution in [-0.4, -0.2) is 72.6 Å². The van der Waals surface area contributed by atoms with Gasteiger partial charge in [0.2, 0.25) is 5.95 Å². The third-order valence-corrected chi connectivity index (χ3v) is 6.25. The molecule has 35 heavy (non-hydrogen) atoms. The number of carbonyl (C=O) groups is 1. The first kappa shape index (κ1) is 24.4. The Morgan fingerprint density at radius 1 is 0.971 bits per heavy atom. The zero-order valence-corrected chi connectivity index (χ0v) is 20.6. The van der Waals surface area contributed by atoms with Crippen LogP contribution >= 0.6 is 0 Å². The Balaban J connectivity index is 1.32. The molecule has 1 fully saturated rings. The van der Waals surface area contributed by atoms with Crippen molar-refractivity contribution in [2.45, 2.75) is 19.8 Å². The van der Waals surface area contributed by atoms with Gasteiger partial charge < -0.3 is 25.2 Å². The molecule has 1 aliphatic rings. The van der Waals surface area contributed by atoms with E-state index in [4.69, 9.17) is 4.74 Å². The van der Waals surface area contributed by atoms with Gasteiger partial charge >= 0.3 is 0 Å². The molecule has 1 saturated heterocycles. The molecule has 0 radical (unpaired) electrons. The number of pyridine rings is 1. The molecule has 1 aromatic carbocycles. The minimum absolute atomic E-state index is 0.134. The number of rotatable bonds is 9. The van der Waals surface area contributed by atoms with E-state index in [-0.39, 0.29) is 5.91 Å². The highest BCUT2D eigenvalue weighted by atomic mass is 16.5. The third-order valence-electron chi connectivity index (χ3n) is 6.25. The predicted octanol–water partition coefficient (Wildman–Crippen LogP) is 2.91. The van der Waals surface area contributed by atoms with Gasteiger partial charge in [-0.1, -0.05) is 6.92 Å². The summed E-state index contributed by atoms with van der Waals surface area (Å²) in [4.78, 5) is 30.3. The van der Waals surface area contributed by atoms with Crippen molar-refractivity contribution in [3.05, 3.63) is 65.6 Å². The number of hydrogen-bond donors (Lipinski definition) is 2. The van der Waals surface area contributed by atoms with Gasteiger partial charge in [-0.25, -0.2) is 15.0 Å². The zero-order chi connectivity index (χ0) is 24.6. The maximum atomic E-state index is 12.0. The van der Waals surface area contributed by atoms with Gasteiger partial charge in [0.15, 0.2) is 0 Å². The molecule has 2 N–H and O–H groups in total. The molecule has 0 saturated carbocycles. The van der Waals surface area contributed by atoms with Gasteiger partial charge in [-0.05, 0) is 60.8 Å². The highest BCUT2D eigenvalue weighted by Gasteiger charge is 2.16. The van der Waals surface area contributed by atoms with E-state index in [2.05, 4.69) is 42.3 Å². The van der Waals surface area contributed by atoms with Gasteiger partial charge in [0.05, 0.1) is 19.0 Å². The number of carbonyl (C=O) groups excluding carboxylic acids is 1. The molecular formula is C26H33N7O2. The summed E-state index contributed by atoms with van der Waals surface area (Å²) in [6.45, 7) is 7.45. The molecule has 3 aromatic rings. The Morgan fingerprint density at radius 2 is 1.71 bits per heavy atom. The van der Waals surface area contributed by atoms with Crippen molar-refractivity contribution in [1.82, 2.24) is 25.2 Å². The fourth-order valence-electron chi connectivity index (χ4n) is 4.10. The lowest BCUT2D eigenvalue weighted by atomic mass is 10.0. The van der Waals surface area contributed by atoms with Crippen molar-refractivity contribution in [2.24, 2.45) is 0 Å². The number of piperazine rings is 1. The van der Waals surface area contributed by atoms with E-state index in [1.165, 1.54) is 0 Å². The number of anilines is 3. The Morgan fingerprint density at radius 3 is 2.34 bits per heavy atom. The number of nitrogens with zero attached hydrogens (tertiary/aromatic N) is 5. The number of methoxy groups -OCH3 is 1. The Bertz CT molecular complexity index is 1110. The molecule has 1 aliphatic heterocycles. The SMILES string of the molecule is CCN1CCN(c2ccc(Nc3ncc(CCc4cc(OC)cc(C(=O)NC)c4)cn3)cn2)CC1. The fraction of sp³-hybridized carbons (Fsp3) is 0.385. The van der Waals surface area contributed by atoms with Crippen molar-refractivity contribution in [3.63, 3.8) is 0 Å². The third kappa shape index (κ3) is 6.45. The number of aromatic nitrogens is 3. The Labute approximate surface area is 206 Å². The van der Waals surface area contributed by atoms with Gasteiger partial charge in [-0.15, -0.1) is 0 Å². The molecule has 0 aliphatic carbocycles. The second-order valence-corrected chi connectivity index (χ2v) is 8.52. The normalized spacial score (nSPS) is 14.0. The molecule has 0 bridgehead atoms. The largest absolute Gasteiger partial charge is 0.497 e. The van der Waals surface area contributed by atoms with E-state index in [1.54, 1.807) is 20.2 Å². The average molecular weight is 476 g/mol. The number of hydrogen-bond acceptors (Lipinski definition) is 8. The minimum Gasteiger partial charge on any atom is -0.497 e. The Hall–Kier alpha value is -3.72. The molecule has 0 unspecified atom stereocenters. The molecule has 0 atom stereocenters. The van der Waals surface area contributed by atoms with E-state index in [9.17, 15) is 4.79 Å². The summed E-state index contributed by atoms with van der Waals surface area (Å²) in [5.74, 6) is 2.06. The van der Waals surface area contributed by atoms with E-state index in [1.807, 2.05) is 42.9 Å². The first-order valence-corrected chi connectivity index (χ1v) is 12.0. The lowest BCUT2D eigenvalue weighted by Gasteiger charge is -2.34. The van der Waals surface area contributed by atoms with Gasteiger partial charge in [-0.3, -0.25) is 4.79 Å². The summed E-state index contributed by atoms with van der Waals surface area (Å²) in [5, 5.41) is 5.87. The number of nitrogens with one attached hydrogen (secondary N) is 2. The quantitative estimate of drug-likeness (QED) is 0.488. The molecule has 0 spiro atoms. The summed E-state index contributed by atoms with van der Waals surface area (Å²) in [6, 6.07) is 9.62. The summed E-state index contributed by atoms with van der Waals surface area (Å²) in [5.41, 5.74) is 3.47.